The van der Waals surface area contributed by atoms with Crippen molar-refractivity contribution in [2.45, 2.75) is 11.8 Å². The monoisotopic (exact) mass is 405 g/mol. The predicted molar refractivity (Wildman–Crippen MR) is 116 cm³/mol. The third-order valence-corrected chi connectivity index (χ3v) is 6.32. The quantitative estimate of drug-likeness (QED) is 0.516. The zero-order chi connectivity index (χ0) is 20.7. The van der Waals surface area contributed by atoms with Gasteiger partial charge in [-0.1, -0.05) is 90.5 Å². The molecular formula is C24H23NO3S. The highest BCUT2D eigenvalue weighted by molar-refractivity contribution is 7.89. The number of sulfonamides is 1. The van der Waals surface area contributed by atoms with Gasteiger partial charge in [0.05, 0.1) is 11.4 Å². The molecule has 148 valence electrons. The molecule has 3 aromatic carbocycles. The van der Waals surface area contributed by atoms with Crippen molar-refractivity contribution in [2.75, 3.05) is 13.1 Å². The fraction of sp³-hybridized carbons (Fsp3) is 0.125. The van der Waals surface area contributed by atoms with Crippen molar-refractivity contribution in [1.82, 2.24) is 4.31 Å². The van der Waals surface area contributed by atoms with Gasteiger partial charge in [-0.25, -0.2) is 8.42 Å². The van der Waals surface area contributed by atoms with Crippen LogP contribution in [0.2, 0.25) is 0 Å². The standard InChI is InChI=1S/C24H23NO3S/c1-20-14-16-23(17-15-20)29(27,28)25(18-8-11-21-9-4-2-5-10-21)19-24(26)22-12-6-3-7-13-22/h2-17H,18-19H2,1H3/b11-8+. The van der Waals surface area contributed by atoms with E-state index in [4.69, 9.17) is 0 Å². The second-order valence-corrected chi connectivity index (χ2v) is 8.65. The molecule has 3 rings (SSSR count). The molecule has 0 bridgehead atoms. The number of hydrogen-bond donors (Lipinski definition) is 0. The summed E-state index contributed by atoms with van der Waals surface area (Å²) in [7, 11) is -3.81. The average molecular weight is 406 g/mol. The molecule has 0 aliphatic rings. The van der Waals surface area contributed by atoms with E-state index in [9.17, 15) is 13.2 Å². The van der Waals surface area contributed by atoms with Gasteiger partial charge in [-0.3, -0.25) is 4.79 Å². The van der Waals surface area contributed by atoms with E-state index in [1.165, 1.54) is 4.31 Å². The molecule has 0 amide bonds. The van der Waals surface area contributed by atoms with Gasteiger partial charge >= 0.3 is 0 Å². The van der Waals surface area contributed by atoms with E-state index < -0.39 is 10.0 Å². The van der Waals surface area contributed by atoms with Gasteiger partial charge < -0.3 is 0 Å². The van der Waals surface area contributed by atoms with Gasteiger partial charge in [-0.2, -0.15) is 4.31 Å². The second-order valence-electron chi connectivity index (χ2n) is 6.71. The number of nitrogens with zero attached hydrogens (tertiary/aromatic N) is 1. The molecule has 0 saturated heterocycles. The topological polar surface area (TPSA) is 54.5 Å². The van der Waals surface area contributed by atoms with Gasteiger partial charge in [0.1, 0.15) is 0 Å². The molecule has 29 heavy (non-hydrogen) atoms. The first-order valence-electron chi connectivity index (χ1n) is 9.33. The van der Waals surface area contributed by atoms with Gasteiger partial charge in [-0.05, 0) is 24.6 Å². The lowest BCUT2D eigenvalue weighted by molar-refractivity contribution is 0.0969. The first kappa shape index (κ1) is 20.7. The zero-order valence-corrected chi connectivity index (χ0v) is 17.0. The lowest BCUT2D eigenvalue weighted by atomic mass is 10.1. The van der Waals surface area contributed by atoms with Crippen LogP contribution in [0.15, 0.2) is 95.9 Å². The van der Waals surface area contributed by atoms with Crippen LogP contribution < -0.4 is 0 Å². The number of rotatable bonds is 8. The predicted octanol–water partition coefficient (Wildman–Crippen LogP) is 4.58. The Morgan fingerprint density at radius 1 is 0.862 bits per heavy atom. The van der Waals surface area contributed by atoms with E-state index in [0.29, 0.717) is 5.56 Å². The average Bonchev–Trinajstić information content (AvgIpc) is 2.74. The molecule has 4 nitrogen and oxygen atoms in total. The maximum atomic E-state index is 13.2. The molecule has 0 N–H and O–H groups in total. The number of Topliss-reactive ketones (excluding diaryl/α,β-unsaturated/α-hetero) is 1. The molecule has 0 saturated carbocycles. The lowest BCUT2D eigenvalue weighted by Crippen LogP contribution is -2.36. The van der Waals surface area contributed by atoms with Gasteiger partial charge in [0.2, 0.25) is 10.0 Å². The van der Waals surface area contributed by atoms with Crippen LogP contribution in [0.1, 0.15) is 21.5 Å². The van der Waals surface area contributed by atoms with Crippen molar-refractivity contribution >= 4 is 21.9 Å². The van der Waals surface area contributed by atoms with Crippen LogP contribution in [0.3, 0.4) is 0 Å². The summed E-state index contributed by atoms with van der Waals surface area (Å²) >= 11 is 0. The minimum absolute atomic E-state index is 0.101. The van der Waals surface area contributed by atoms with E-state index in [1.54, 1.807) is 54.6 Å². The van der Waals surface area contributed by atoms with Crippen LogP contribution in [0.25, 0.3) is 6.08 Å². The second kappa shape index (κ2) is 9.45. The number of carbonyl (C=O) groups excluding carboxylic acids is 1. The fourth-order valence-corrected chi connectivity index (χ4v) is 4.20. The Morgan fingerprint density at radius 2 is 1.45 bits per heavy atom. The fourth-order valence-electron chi connectivity index (χ4n) is 2.85. The third-order valence-electron chi connectivity index (χ3n) is 4.49. The zero-order valence-electron chi connectivity index (χ0n) is 16.2. The molecule has 0 aromatic heterocycles. The van der Waals surface area contributed by atoms with Crippen LogP contribution in [0.4, 0.5) is 0 Å². The number of hydrogen-bond acceptors (Lipinski definition) is 3. The number of aryl methyl sites for hydroxylation is 1. The normalized spacial score (nSPS) is 11.8. The molecular weight excluding hydrogens is 382 g/mol. The minimum atomic E-state index is -3.81. The highest BCUT2D eigenvalue weighted by atomic mass is 32.2. The number of benzene rings is 3. The molecule has 0 heterocycles. The molecule has 0 spiro atoms. The Bertz CT molecular complexity index is 1070. The van der Waals surface area contributed by atoms with E-state index in [2.05, 4.69) is 0 Å². The van der Waals surface area contributed by atoms with Crippen molar-refractivity contribution in [2.24, 2.45) is 0 Å². The summed E-state index contributed by atoms with van der Waals surface area (Å²) in [5, 5.41) is 0. The highest BCUT2D eigenvalue weighted by Crippen LogP contribution is 2.18. The number of ketones is 1. The lowest BCUT2D eigenvalue weighted by Gasteiger charge is -2.20. The van der Waals surface area contributed by atoms with Crippen molar-refractivity contribution < 1.29 is 13.2 Å². The van der Waals surface area contributed by atoms with Gasteiger partial charge in [0.25, 0.3) is 0 Å². The van der Waals surface area contributed by atoms with Crippen LogP contribution >= 0.6 is 0 Å². The number of carbonyl (C=O) groups is 1. The van der Waals surface area contributed by atoms with E-state index in [0.717, 1.165) is 11.1 Å². The molecule has 0 radical (unpaired) electrons. The largest absolute Gasteiger partial charge is 0.293 e. The molecule has 3 aromatic rings. The van der Waals surface area contributed by atoms with Crippen LogP contribution in [-0.2, 0) is 10.0 Å². The summed E-state index contributed by atoms with van der Waals surface area (Å²) in [5.74, 6) is -0.241. The molecule has 0 aliphatic carbocycles. The third kappa shape index (κ3) is 5.50. The van der Waals surface area contributed by atoms with Crippen LogP contribution in [0.5, 0.6) is 0 Å². The summed E-state index contributed by atoms with van der Waals surface area (Å²) in [6, 6.07) is 25.0. The maximum absolute atomic E-state index is 13.2. The Morgan fingerprint density at radius 3 is 2.07 bits per heavy atom. The van der Waals surface area contributed by atoms with E-state index >= 15 is 0 Å². The minimum Gasteiger partial charge on any atom is -0.293 e. The summed E-state index contributed by atoms with van der Waals surface area (Å²) in [5.41, 5.74) is 2.43. The molecule has 5 heteroatoms. The van der Waals surface area contributed by atoms with Crippen LogP contribution in [0, 0.1) is 6.92 Å². The Balaban J connectivity index is 1.86. The SMILES string of the molecule is Cc1ccc(S(=O)(=O)N(C/C=C/c2ccccc2)CC(=O)c2ccccc2)cc1. The summed E-state index contributed by atoms with van der Waals surface area (Å²) in [6.45, 7) is 1.78. The van der Waals surface area contributed by atoms with E-state index in [1.807, 2.05) is 49.4 Å². The summed E-state index contributed by atoms with van der Waals surface area (Å²) in [6.07, 6.45) is 3.62. The maximum Gasteiger partial charge on any atom is 0.243 e. The molecule has 0 fully saturated rings. The van der Waals surface area contributed by atoms with Crippen LogP contribution in [-0.4, -0.2) is 31.6 Å². The van der Waals surface area contributed by atoms with E-state index in [-0.39, 0.29) is 23.8 Å². The summed E-state index contributed by atoms with van der Waals surface area (Å²) < 4.78 is 27.6. The Hall–Kier alpha value is -3.02. The smallest absolute Gasteiger partial charge is 0.243 e. The summed E-state index contributed by atoms with van der Waals surface area (Å²) in [4.78, 5) is 12.9. The Labute approximate surface area is 172 Å². The molecule has 0 aliphatic heterocycles. The molecule has 0 atom stereocenters. The van der Waals surface area contributed by atoms with Crippen molar-refractivity contribution in [3.05, 3.63) is 108 Å². The first-order valence-corrected chi connectivity index (χ1v) is 10.8. The molecule has 0 unspecified atom stereocenters. The first-order chi connectivity index (χ1) is 14.0. The van der Waals surface area contributed by atoms with Crippen molar-refractivity contribution in [3.8, 4) is 0 Å². The highest BCUT2D eigenvalue weighted by Gasteiger charge is 2.26. The van der Waals surface area contributed by atoms with Gasteiger partial charge in [0.15, 0.2) is 5.78 Å². The van der Waals surface area contributed by atoms with Crippen molar-refractivity contribution in [1.29, 1.82) is 0 Å². The van der Waals surface area contributed by atoms with Gasteiger partial charge in [-0.15, -0.1) is 0 Å². The van der Waals surface area contributed by atoms with Crippen molar-refractivity contribution in [3.63, 3.8) is 0 Å². The Kier molecular flexibility index (Phi) is 6.75. The van der Waals surface area contributed by atoms with Gasteiger partial charge in [0, 0.05) is 12.1 Å².